The lowest BCUT2D eigenvalue weighted by Crippen LogP contribution is -2.32. The van der Waals surface area contributed by atoms with E-state index in [1.54, 1.807) is 17.9 Å². The van der Waals surface area contributed by atoms with Crippen LogP contribution in [0, 0.1) is 24.2 Å². The molecule has 0 aliphatic heterocycles. The molecule has 0 aliphatic carbocycles. The predicted molar refractivity (Wildman–Crippen MR) is 70.8 cm³/mol. The number of aryl methyl sites for hydroxylation is 1. The Labute approximate surface area is 111 Å². The highest BCUT2D eigenvalue weighted by molar-refractivity contribution is 6.31. The SMILES string of the molecule is Cc1ccc(N(CC#N)CC(C)C(=O)O)cc1Cl. The third-order valence-electron chi connectivity index (χ3n) is 2.70. The fraction of sp³-hybridized carbons (Fsp3) is 0.385. The summed E-state index contributed by atoms with van der Waals surface area (Å²) in [7, 11) is 0. The molecule has 1 N–H and O–H groups in total. The Balaban J connectivity index is 2.94. The van der Waals surface area contributed by atoms with Crippen LogP contribution in [0.15, 0.2) is 18.2 Å². The van der Waals surface area contributed by atoms with Gasteiger partial charge in [-0.15, -0.1) is 0 Å². The zero-order chi connectivity index (χ0) is 13.7. The molecule has 0 amide bonds. The number of nitriles is 1. The van der Waals surface area contributed by atoms with Crippen LogP contribution in [0.1, 0.15) is 12.5 Å². The third kappa shape index (κ3) is 3.64. The van der Waals surface area contributed by atoms with Crippen LogP contribution in [0.25, 0.3) is 0 Å². The lowest BCUT2D eigenvalue weighted by Gasteiger charge is -2.24. The van der Waals surface area contributed by atoms with E-state index in [-0.39, 0.29) is 13.1 Å². The average Bonchev–Trinajstić information content (AvgIpc) is 2.32. The summed E-state index contributed by atoms with van der Waals surface area (Å²) < 4.78 is 0. The molecule has 0 aromatic heterocycles. The number of rotatable bonds is 5. The molecular formula is C13H15ClN2O2. The van der Waals surface area contributed by atoms with Crippen LogP contribution in [-0.4, -0.2) is 24.2 Å². The van der Waals surface area contributed by atoms with E-state index in [0.29, 0.717) is 5.02 Å². The lowest BCUT2D eigenvalue weighted by molar-refractivity contribution is -0.140. The Morgan fingerprint density at radius 2 is 2.28 bits per heavy atom. The first-order chi connectivity index (χ1) is 8.45. The van der Waals surface area contributed by atoms with Crippen molar-refractivity contribution in [1.29, 1.82) is 5.26 Å². The summed E-state index contributed by atoms with van der Waals surface area (Å²) in [6, 6.07) is 7.48. The molecule has 0 bridgehead atoms. The number of carbonyl (C=O) groups is 1. The van der Waals surface area contributed by atoms with Crippen molar-refractivity contribution in [2.75, 3.05) is 18.0 Å². The summed E-state index contributed by atoms with van der Waals surface area (Å²) in [6.07, 6.45) is 0. The van der Waals surface area contributed by atoms with Crippen molar-refractivity contribution in [2.24, 2.45) is 5.92 Å². The summed E-state index contributed by atoms with van der Waals surface area (Å²) in [5.74, 6) is -1.42. The summed E-state index contributed by atoms with van der Waals surface area (Å²) in [4.78, 5) is 12.6. The topological polar surface area (TPSA) is 64.3 Å². The largest absolute Gasteiger partial charge is 0.481 e. The molecule has 1 rings (SSSR count). The summed E-state index contributed by atoms with van der Waals surface area (Å²) in [5, 5.41) is 18.3. The number of carboxylic acid groups (broad SMARTS) is 1. The smallest absolute Gasteiger partial charge is 0.308 e. The number of anilines is 1. The highest BCUT2D eigenvalue weighted by atomic mass is 35.5. The first-order valence-corrected chi connectivity index (χ1v) is 5.94. The van der Waals surface area contributed by atoms with E-state index in [9.17, 15) is 4.79 Å². The molecule has 96 valence electrons. The van der Waals surface area contributed by atoms with E-state index in [4.69, 9.17) is 22.0 Å². The molecule has 0 spiro atoms. The zero-order valence-corrected chi connectivity index (χ0v) is 11.1. The first kappa shape index (κ1) is 14.3. The van der Waals surface area contributed by atoms with Gasteiger partial charge in [-0.1, -0.05) is 24.6 Å². The van der Waals surface area contributed by atoms with Crippen LogP contribution in [0.2, 0.25) is 5.02 Å². The van der Waals surface area contributed by atoms with Crippen LogP contribution in [0.5, 0.6) is 0 Å². The number of aliphatic carboxylic acids is 1. The van der Waals surface area contributed by atoms with E-state index in [2.05, 4.69) is 0 Å². The Bertz CT molecular complexity index is 482. The monoisotopic (exact) mass is 266 g/mol. The molecule has 0 fully saturated rings. The van der Waals surface area contributed by atoms with E-state index in [1.807, 2.05) is 25.1 Å². The molecular weight excluding hydrogens is 252 g/mol. The van der Waals surface area contributed by atoms with Crippen LogP contribution >= 0.6 is 11.6 Å². The highest BCUT2D eigenvalue weighted by Crippen LogP contribution is 2.23. The Hall–Kier alpha value is -1.73. The maximum absolute atomic E-state index is 10.9. The van der Waals surface area contributed by atoms with Crippen molar-refractivity contribution in [3.63, 3.8) is 0 Å². The molecule has 0 saturated heterocycles. The van der Waals surface area contributed by atoms with Gasteiger partial charge in [-0.2, -0.15) is 5.26 Å². The maximum Gasteiger partial charge on any atom is 0.308 e. The summed E-state index contributed by atoms with van der Waals surface area (Å²) in [6.45, 7) is 3.92. The highest BCUT2D eigenvalue weighted by Gasteiger charge is 2.16. The number of hydrogen-bond acceptors (Lipinski definition) is 3. The van der Waals surface area contributed by atoms with Gasteiger partial charge >= 0.3 is 5.97 Å². The summed E-state index contributed by atoms with van der Waals surface area (Å²) >= 11 is 6.03. The van der Waals surface area contributed by atoms with Crippen LogP contribution in [0.3, 0.4) is 0 Å². The Kier molecular flexibility index (Phi) is 4.99. The van der Waals surface area contributed by atoms with Crippen molar-refractivity contribution in [2.45, 2.75) is 13.8 Å². The average molecular weight is 267 g/mol. The molecule has 18 heavy (non-hydrogen) atoms. The minimum atomic E-state index is -0.879. The molecule has 1 aromatic rings. The van der Waals surface area contributed by atoms with Crippen LogP contribution in [0.4, 0.5) is 5.69 Å². The second-order valence-corrected chi connectivity index (χ2v) is 4.62. The van der Waals surface area contributed by atoms with Gasteiger partial charge < -0.3 is 10.0 Å². The second kappa shape index (κ2) is 6.27. The lowest BCUT2D eigenvalue weighted by atomic mass is 10.1. The number of benzene rings is 1. The fourth-order valence-corrected chi connectivity index (χ4v) is 1.71. The normalized spacial score (nSPS) is 11.7. The van der Waals surface area contributed by atoms with Gasteiger partial charge in [0.2, 0.25) is 0 Å². The van der Waals surface area contributed by atoms with Gasteiger partial charge in [-0.05, 0) is 24.6 Å². The second-order valence-electron chi connectivity index (χ2n) is 4.21. The van der Waals surface area contributed by atoms with E-state index in [0.717, 1.165) is 11.3 Å². The van der Waals surface area contributed by atoms with E-state index in [1.165, 1.54) is 0 Å². The van der Waals surface area contributed by atoms with Crippen LogP contribution in [-0.2, 0) is 4.79 Å². The molecule has 1 aromatic carbocycles. The first-order valence-electron chi connectivity index (χ1n) is 5.56. The fourth-order valence-electron chi connectivity index (χ4n) is 1.53. The molecule has 5 heteroatoms. The summed E-state index contributed by atoms with van der Waals surface area (Å²) in [5.41, 5.74) is 1.71. The molecule has 0 radical (unpaired) electrons. The zero-order valence-electron chi connectivity index (χ0n) is 10.4. The molecule has 1 atom stereocenters. The van der Waals surface area contributed by atoms with Gasteiger partial charge in [0.05, 0.1) is 12.0 Å². The van der Waals surface area contributed by atoms with Gasteiger partial charge in [-0.3, -0.25) is 4.79 Å². The van der Waals surface area contributed by atoms with Gasteiger partial charge in [0.25, 0.3) is 0 Å². The van der Waals surface area contributed by atoms with Crippen molar-refractivity contribution >= 4 is 23.3 Å². The predicted octanol–water partition coefficient (Wildman–Crippen LogP) is 2.70. The molecule has 1 unspecified atom stereocenters. The number of nitrogens with zero attached hydrogens (tertiary/aromatic N) is 2. The quantitative estimate of drug-likeness (QED) is 0.832. The third-order valence-corrected chi connectivity index (χ3v) is 3.11. The van der Waals surface area contributed by atoms with E-state index < -0.39 is 11.9 Å². The standard InChI is InChI=1S/C13H15ClN2O2/c1-9-3-4-11(7-12(9)14)16(6-5-15)8-10(2)13(17)18/h3-4,7,10H,6,8H2,1-2H3,(H,17,18). The van der Waals surface area contributed by atoms with Crippen molar-refractivity contribution in [1.82, 2.24) is 0 Å². The van der Waals surface area contributed by atoms with Gasteiger partial charge in [0, 0.05) is 17.3 Å². The Morgan fingerprint density at radius 1 is 1.61 bits per heavy atom. The van der Waals surface area contributed by atoms with Gasteiger partial charge in [0.15, 0.2) is 0 Å². The van der Waals surface area contributed by atoms with Gasteiger partial charge in [-0.25, -0.2) is 0 Å². The van der Waals surface area contributed by atoms with E-state index >= 15 is 0 Å². The molecule has 0 heterocycles. The van der Waals surface area contributed by atoms with Crippen LogP contribution < -0.4 is 4.90 Å². The minimum Gasteiger partial charge on any atom is -0.481 e. The number of halogens is 1. The van der Waals surface area contributed by atoms with Gasteiger partial charge in [0.1, 0.15) is 6.54 Å². The van der Waals surface area contributed by atoms with Crippen molar-refractivity contribution < 1.29 is 9.90 Å². The molecule has 4 nitrogen and oxygen atoms in total. The maximum atomic E-state index is 10.9. The molecule has 0 aliphatic rings. The number of hydrogen-bond donors (Lipinski definition) is 1. The minimum absolute atomic E-state index is 0.136. The Morgan fingerprint density at radius 3 is 2.78 bits per heavy atom. The van der Waals surface area contributed by atoms with Crippen molar-refractivity contribution in [3.05, 3.63) is 28.8 Å². The molecule has 0 saturated carbocycles. The van der Waals surface area contributed by atoms with Crippen molar-refractivity contribution in [3.8, 4) is 6.07 Å². The number of carboxylic acids is 1.